The first-order valence-corrected chi connectivity index (χ1v) is 5.20. The highest BCUT2D eigenvalue weighted by Crippen LogP contribution is 2.33. The zero-order valence-corrected chi connectivity index (χ0v) is 8.30. The van der Waals surface area contributed by atoms with Crippen molar-refractivity contribution in [3.05, 3.63) is 28.1 Å². The monoisotopic (exact) mass is 190 g/mol. The van der Waals surface area contributed by atoms with Crippen LogP contribution in [0.2, 0.25) is 0 Å². The molecule has 1 atom stereocenters. The maximum atomic E-state index is 9.66. The second kappa shape index (κ2) is 2.78. The second-order valence-corrected chi connectivity index (χ2v) is 4.16. The van der Waals surface area contributed by atoms with Crippen LogP contribution in [0, 0.1) is 6.92 Å². The van der Waals surface area contributed by atoms with Gasteiger partial charge in [0, 0.05) is 12.2 Å². The number of hydrogen-bond donors (Lipinski definition) is 2. The van der Waals surface area contributed by atoms with Crippen molar-refractivity contribution in [2.24, 2.45) is 0 Å². The summed E-state index contributed by atoms with van der Waals surface area (Å²) >= 11 is 0. The minimum Gasteiger partial charge on any atom is -0.373 e. The minimum atomic E-state index is -0.547. The molecule has 0 bridgehead atoms. The van der Waals surface area contributed by atoms with Crippen molar-refractivity contribution in [1.82, 2.24) is 10.3 Å². The summed E-state index contributed by atoms with van der Waals surface area (Å²) in [6.45, 7) is 2.83. The van der Waals surface area contributed by atoms with Gasteiger partial charge in [0.05, 0.1) is 5.69 Å². The van der Waals surface area contributed by atoms with Crippen LogP contribution in [0.4, 0.5) is 0 Å². The van der Waals surface area contributed by atoms with Crippen molar-refractivity contribution in [2.45, 2.75) is 39.0 Å². The molecule has 3 heteroatoms. The zero-order valence-electron chi connectivity index (χ0n) is 8.30. The molecule has 1 aliphatic carbocycles. The molecule has 2 N–H and O–H groups in total. The molecule has 1 aromatic rings. The highest BCUT2D eigenvalue weighted by atomic mass is 16.3. The maximum Gasteiger partial charge on any atom is 0.148 e. The summed E-state index contributed by atoms with van der Waals surface area (Å²) in [5.41, 5.74) is 6.12. The Morgan fingerprint density at radius 3 is 2.93 bits per heavy atom. The van der Waals surface area contributed by atoms with Crippen LogP contribution in [-0.2, 0) is 19.4 Å². The van der Waals surface area contributed by atoms with Gasteiger partial charge in [0.25, 0.3) is 0 Å². The van der Waals surface area contributed by atoms with Crippen molar-refractivity contribution < 1.29 is 5.11 Å². The number of rotatable bonds is 0. The third-order valence-electron chi connectivity index (χ3n) is 3.35. The first-order chi connectivity index (χ1) is 6.77. The molecule has 0 saturated carbocycles. The smallest absolute Gasteiger partial charge is 0.148 e. The minimum absolute atomic E-state index is 0.547. The summed E-state index contributed by atoms with van der Waals surface area (Å²) in [4.78, 5) is 4.49. The summed E-state index contributed by atoms with van der Waals surface area (Å²) < 4.78 is 0. The molecule has 2 aliphatic rings. The van der Waals surface area contributed by atoms with Gasteiger partial charge in [-0.3, -0.25) is 10.3 Å². The largest absolute Gasteiger partial charge is 0.373 e. The quantitative estimate of drug-likeness (QED) is 0.641. The van der Waals surface area contributed by atoms with Gasteiger partial charge in [-0.05, 0) is 42.9 Å². The first kappa shape index (κ1) is 8.38. The van der Waals surface area contributed by atoms with Crippen molar-refractivity contribution in [3.8, 4) is 0 Å². The summed E-state index contributed by atoms with van der Waals surface area (Å²) in [6, 6.07) is 0. The second-order valence-electron chi connectivity index (χ2n) is 4.16. The lowest BCUT2D eigenvalue weighted by Crippen LogP contribution is -2.11. The lowest BCUT2D eigenvalue weighted by molar-refractivity contribution is 0.147. The summed E-state index contributed by atoms with van der Waals surface area (Å²) in [6.07, 6.45) is 3.02. The number of hydrogen-bond acceptors (Lipinski definition) is 3. The first-order valence-electron chi connectivity index (χ1n) is 5.20. The Kier molecular flexibility index (Phi) is 1.66. The van der Waals surface area contributed by atoms with Crippen LogP contribution in [0.25, 0.3) is 0 Å². The Labute approximate surface area is 83.2 Å². The molecular weight excluding hydrogens is 176 g/mol. The van der Waals surface area contributed by atoms with E-state index in [9.17, 15) is 5.11 Å². The van der Waals surface area contributed by atoms with Crippen LogP contribution >= 0.6 is 0 Å². The fourth-order valence-electron chi connectivity index (χ4n) is 2.67. The molecule has 0 aromatic carbocycles. The highest BCUT2D eigenvalue weighted by molar-refractivity contribution is 5.45. The van der Waals surface area contributed by atoms with Gasteiger partial charge >= 0.3 is 0 Å². The van der Waals surface area contributed by atoms with E-state index in [0.29, 0.717) is 0 Å². The number of nitrogens with zero attached hydrogens (tertiary/aromatic N) is 1. The molecule has 1 aromatic heterocycles. The third kappa shape index (κ3) is 0.967. The predicted octanol–water partition coefficient (Wildman–Crippen LogP) is 0.973. The lowest BCUT2D eigenvalue weighted by atomic mass is 10.0. The maximum absolute atomic E-state index is 9.66. The molecule has 74 valence electrons. The standard InChI is InChI=1S/C11H14N2O/c1-6-7-3-2-4-8(7)9-5-12-11(14)10(9)13-6/h11-12,14H,2-5H2,1H3. The zero-order chi connectivity index (χ0) is 9.71. The predicted molar refractivity (Wildman–Crippen MR) is 52.8 cm³/mol. The average molecular weight is 190 g/mol. The van der Waals surface area contributed by atoms with Crippen LogP contribution in [0.3, 0.4) is 0 Å². The molecule has 2 heterocycles. The molecule has 3 rings (SSSR count). The highest BCUT2D eigenvalue weighted by Gasteiger charge is 2.28. The number of aliphatic hydroxyl groups is 1. The van der Waals surface area contributed by atoms with Crippen LogP contribution in [0.5, 0.6) is 0 Å². The molecule has 0 saturated heterocycles. The van der Waals surface area contributed by atoms with Gasteiger partial charge in [-0.2, -0.15) is 0 Å². The summed E-state index contributed by atoms with van der Waals surface area (Å²) in [7, 11) is 0. The number of aryl methyl sites for hydroxylation is 1. The Morgan fingerprint density at radius 2 is 2.07 bits per heavy atom. The van der Waals surface area contributed by atoms with E-state index in [1.165, 1.54) is 23.1 Å². The number of aromatic nitrogens is 1. The van der Waals surface area contributed by atoms with E-state index >= 15 is 0 Å². The number of nitrogens with one attached hydrogen (secondary N) is 1. The van der Waals surface area contributed by atoms with Gasteiger partial charge in [0.2, 0.25) is 0 Å². The van der Waals surface area contributed by atoms with Gasteiger partial charge in [0.15, 0.2) is 0 Å². The SMILES string of the molecule is Cc1nc2c(c3c1CCC3)CNC2O. The Balaban J connectivity index is 2.26. The van der Waals surface area contributed by atoms with Gasteiger partial charge in [-0.1, -0.05) is 0 Å². The Bertz CT molecular complexity index is 401. The molecule has 0 radical (unpaired) electrons. The number of aliphatic hydroxyl groups excluding tert-OH is 1. The van der Waals surface area contributed by atoms with Crippen LogP contribution < -0.4 is 5.32 Å². The van der Waals surface area contributed by atoms with Gasteiger partial charge in [0.1, 0.15) is 6.23 Å². The number of fused-ring (bicyclic) bond motifs is 3. The van der Waals surface area contributed by atoms with Crippen LogP contribution in [0.1, 0.15) is 40.7 Å². The van der Waals surface area contributed by atoms with E-state index in [2.05, 4.69) is 17.2 Å². The molecule has 0 fully saturated rings. The third-order valence-corrected chi connectivity index (χ3v) is 3.35. The van der Waals surface area contributed by atoms with Crippen molar-refractivity contribution >= 4 is 0 Å². The van der Waals surface area contributed by atoms with Gasteiger partial charge < -0.3 is 5.11 Å². The van der Waals surface area contributed by atoms with E-state index in [-0.39, 0.29) is 0 Å². The van der Waals surface area contributed by atoms with Crippen molar-refractivity contribution in [2.75, 3.05) is 0 Å². The molecule has 0 amide bonds. The van der Waals surface area contributed by atoms with Crippen molar-refractivity contribution in [3.63, 3.8) is 0 Å². The summed E-state index contributed by atoms with van der Waals surface area (Å²) in [5.74, 6) is 0. The van der Waals surface area contributed by atoms with E-state index in [1.54, 1.807) is 0 Å². The topological polar surface area (TPSA) is 45.2 Å². The molecule has 0 spiro atoms. The van der Waals surface area contributed by atoms with E-state index in [0.717, 1.165) is 30.8 Å². The normalized spacial score (nSPS) is 23.7. The Morgan fingerprint density at radius 1 is 1.29 bits per heavy atom. The molecule has 1 unspecified atom stereocenters. The molecule has 1 aliphatic heterocycles. The average Bonchev–Trinajstić information content (AvgIpc) is 2.74. The van der Waals surface area contributed by atoms with E-state index in [4.69, 9.17) is 0 Å². The molecule has 14 heavy (non-hydrogen) atoms. The fourth-order valence-corrected chi connectivity index (χ4v) is 2.67. The van der Waals surface area contributed by atoms with Crippen LogP contribution in [0.15, 0.2) is 0 Å². The van der Waals surface area contributed by atoms with Gasteiger partial charge in [-0.25, -0.2) is 0 Å². The lowest BCUT2D eigenvalue weighted by Gasteiger charge is -2.09. The Hall–Kier alpha value is -0.930. The van der Waals surface area contributed by atoms with E-state index in [1.807, 2.05) is 0 Å². The van der Waals surface area contributed by atoms with Gasteiger partial charge in [-0.15, -0.1) is 0 Å². The van der Waals surface area contributed by atoms with Crippen molar-refractivity contribution in [1.29, 1.82) is 0 Å². The molecule has 3 nitrogen and oxygen atoms in total. The molecular formula is C11H14N2O. The fraction of sp³-hybridized carbons (Fsp3) is 0.545. The number of pyridine rings is 1. The van der Waals surface area contributed by atoms with Crippen LogP contribution in [-0.4, -0.2) is 10.1 Å². The summed E-state index contributed by atoms with van der Waals surface area (Å²) in [5, 5.41) is 12.7. The van der Waals surface area contributed by atoms with E-state index < -0.39 is 6.23 Å².